The molecule has 0 amide bonds. The third kappa shape index (κ3) is 7.77. The first-order chi connectivity index (χ1) is 12.2. The molecule has 2 rings (SSSR count). The lowest BCUT2D eigenvalue weighted by Gasteiger charge is -2.02. The van der Waals surface area contributed by atoms with E-state index in [0.29, 0.717) is 5.56 Å². The maximum absolute atomic E-state index is 11.0. The number of carboxylic acid groups (broad SMARTS) is 1. The van der Waals surface area contributed by atoms with Gasteiger partial charge in [-0.3, -0.25) is 0 Å². The average molecular weight is 381 g/mol. The smallest absolute Gasteiger partial charge is 0.335 e. The summed E-state index contributed by atoms with van der Waals surface area (Å²) < 4.78 is 0. The number of aromatic carboxylic acids is 1. The molecule has 0 aliphatic carbocycles. The number of fused-ring (bicyclic) bond motifs is 1. The number of aryl methyl sites for hydroxylation is 1. The number of hydrogen-bond acceptors (Lipinski definition) is 2. The Labute approximate surface area is 163 Å². The number of unbranched alkanes of at least 4 members (excludes halogenated alkanes) is 10. The fraction of sp³-hybridized carbons (Fsp3) is 0.619. The minimum Gasteiger partial charge on any atom is -0.478 e. The molecule has 4 nitrogen and oxygen atoms in total. The largest absolute Gasteiger partial charge is 0.478 e. The van der Waals surface area contributed by atoms with Crippen LogP contribution in [0, 0.1) is 0 Å². The molecule has 2 aromatic rings. The highest BCUT2D eigenvalue weighted by Gasteiger charge is 2.07. The second kappa shape index (κ2) is 12.7. The Morgan fingerprint density at radius 3 is 2.12 bits per heavy atom. The zero-order valence-electron chi connectivity index (χ0n) is 15.9. The average Bonchev–Trinajstić information content (AvgIpc) is 3.01. The van der Waals surface area contributed by atoms with E-state index in [1.54, 1.807) is 18.2 Å². The molecule has 146 valence electrons. The molecular formula is C21H33ClN2O2. The number of nitrogens with zero attached hydrogens (tertiary/aromatic N) is 1. The summed E-state index contributed by atoms with van der Waals surface area (Å²) in [7, 11) is 0. The number of nitrogens with one attached hydrogen (secondary N) is 1. The van der Waals surface area contributed by atoms with Gasteiger partial charge in [0.2, 0.25) is 0 Å². The molecule has 0 radical (unpaired) electrons. The monoisotopic (exact) mass is 380 g/mol. The van der Waals surface area contributed by atoms with E-state index >= 15 is 0 Å². The van der Waals surface area contributed by atoms with Gasteiger partial charge in [0.1, 0.15) is 5.82 Å². The lowest BCUT2D eigenvalue weighted by molar-refractivity contribution is 0.0697. The highest BCUT2D eigenvalue weighted by atomic mass is 35.5. The summed E-state index contributed by atoms with van der Waals surface area (Å²) in [4.78, 5) is 18.8. The molecule has 0 atom stereocenters. The van der Waals surface area contributed by atoms with Crippen molar-refractivity contribution in [3.8, 4) is 0 Å². The van der Waals surface area contributed by atoms with Crippen molar-refractivity contribution < 1.29 is 9.90 Å². The van der Waals surface area contributed by atoms with Crippen LogP contribution in [0.25, 0.3) is 11.0 Å². The van der Waals surface area contributed by atoms with Crippen LogP contribution >= 0.6 is 12.4 Å². The van der Waals surface area contributed by atoms with Crippen LogP contribution in [0.1, 0.15) is 93.7 Å². The summed E-state index contributed by atoms with van der Waals surface area (Å²) in [6, 6.07) is 5.05. The standard InChI is InChI=1S/C21H32N2O2.ClH/c1-2-3-4-5-6-7-8-9-10-11-12-13-20-22-18-15-14-17(21(24)25)16-19(18)23-20;/h14-16H,2-13H2,1H3,(H,22,23)(H,24,25);1H. The van der Waals surface area contributed by atoms with Gasteiger partial charge in [0, 0.05) is 6.42 Å². The maximum atomic E-state index is 11.0. The van der Waals surface area contributed by atoms with Crippen molar-refractivity contribution in [3.05, 3.63) is 29.6 Å². The molecule has 26 heavy (non-hydrogen) atoms. The molecule has 2 N–H and O–H groups in total. The Morgan fingerprint density at radius 1 is 0.962 bits per heavy atom. The van der Waals surface area contributed by atoms with E-state index in [4.69, 9.17) is 5.11 Å². The summed E-state index contributed by atoms with van der Waals surface area (Å²) in [5.41, 5.74) is 1.97. The quantitative estimate of drug-likeness (QED) is 0.388. The minimum atomic E-state index is -0.900. The van der Waals surface area contributed by atoms with E-state index in [-0.39, 0.29) is 12.4 Å². The van der Waals surface area contributed by atoms with Crippen molar-refractivity contribution in [2.75, 3.05) is 0 Å². The molecule has 5 heteroatoms. The highest BCUT2D eigenvalue weighted by Crippen LogP contribution is 2.16. The lowest BCUT2D eigenvalue weighted by Crippen LogP contribution is -1.94. The van der Waals surface area contributed by atoms with Crippen molar-refractivity contribution in [1.82, 2.24) is 9.97 Å². The molecule has 0 spiro atoms. The van der Waals surface area contributed by atoms with Gasteiger partial charge in [0.15, 0.2) is 0 Å². The van der Waals surface area contributed by atoms with E-state index in [0.717, 1.165) is 29.7 Å². The molecule has 0 aliphatic heterocycles. The highest BCUT2D eigenvalue weighted by molar-refractivity contribution is 5.92. The molecular weight excluding hydrogens is 348 g/mol. The van der Waals surface area contributed by atoms with Crippen molar-refractivity contribution in [2.45, 2.75) is 84.0 Å². The molecule has 0 fully saturated rings. The van der Waals surface area contributed by atoms with Gasteiger partial charge in [0.25, 0.3) is 0 Å². The predicted molar refractivity (Wildman–Crippen MR) is 110 cm³/mol. The van der Waals surface area contributed by atoms with E-state index in [1.807, 2.05) is 0 Å². The Hall–Kier alpha value is -1.55. The lowest BCUT2D eigenvalue weighted by atomic mass is 10.1. The number of aromatic nitrogens is 2. The van der Waals surface area contributed by atoms with Crippen LogP contribution < -0.4 is 0 Å². The Morgan fingerprint density at radius 2 is 1.54 bits per heavy atom. The molecule has 0 unspecified atom stereocenters. The zero-order chi connectivity index (χ0) is 17.9. The second-order valence-electron chi connectivity index (χ2n) is 7.01. The SMILES string of the molecule is CCCCCCCCCCCCCc1nc2ccc(C(=O)O)cc2[nH]1.Cl. The molecule has 0 bridgehead atoms. The van der Waals surface area contributed by atoms with E-state index in [1.165, 1.54) is 64.2 Å². The number of hydrogen-bond donors (Lipinski definition) is 2. The summed E-state index contributed by atoms with van der Waals surface area (Å²) in [5, 5.41) is 9.03. The van der Waals surface area contributed by atoms with Gasteiger partial charge in [-0.05, 0) is 24.6 Å². The van der Waals surface area contributed by atoms with Crippen LogP contribution in [0.5, 0.6) is 0 Å². The third-order valence-electron chi connectivity index (χ3n) is 4.80. The number of rotatable bonds is 13. The van der Waals surface area contributed by atoms with Gasteiger partial charge in [-0.2, -0.15) is 0 Å². The number of benzene rings is 1. The van der Waals surface area contributed by atoms with Gasteiger partial charge in [-0.15, -0.1) is 12.4 Å². The molecule has 0 aliphatic rings. The number of H-pyrrole nitrogens is 1. The molecule has 1 aromatic heterocycles. The van der Waals surface area contributed by atoms with Crippen LogP contribution in [-0.4, -0.2) is 21.0 Å². The summed E-state index contributed by atoms with van der Waals surface area (Å²) in [6.45, 7) is 2.26. The molecule has 0 saturated heterocycles. The Kier molecular flexibility index (Phi) is 11.0. The van der Waals surface area contributed by atoms with Gasteiger partial charge in [-0.25, -0.2) is 9.78 Å². The number of halogens is 1. The van der Waals surface area contributed by atoms with Crippen LogP contribution in [0.3, 0.4) is 0 Å². The van der Waals surface area contributed by atoms with Crippen LogP contribution in [0.15, 0.2) is 18.2 Å². The van der Waals surface area contributed by atoms with E-state index in [9.17, 15) is 4.79 Å². The number of aromatic amines is 1. The van der Waals surface area contributed by atoms with Crippen LogP contribution in [0.4, 0.5) is 0 Å². The normalized spacial score (nSPS) is 10.8. The predicted octanol–water partition coefficient (Wildman–Crippen LogP) is 6.54. The summed E-state index contributed by atoms with van der Waals surface area (Å²) in [5.74, 6) is 0.0666. The number of imidazole rings is 1. The fourth-order valence-corrected chi connectivity index (χ4v) is 3.27. The third-order valence-corrected chi connectivity index (χ3v) is 4.80. The topological polar surface area (TPSA) is 66.0 Å². The zero-order valence-corrected chi connectivity index (χ0v) is 16.7. The first-order valence-corrected chi connectivity index (χ1v) is 9.92. The first kappa shape index (κ1) is 22.5. The number of carbonyl (C=O) groups is 1. The first-order valence-electron chi connectivity index (χ1n) is 9.92. The van der Waals surface area contributed by atoms with Gasteiger partial charge in [-0.1, -0.05) is 71.1 Å². The van der Waals surface area contributed by atoms with Crippen molar-refractivity contribution in [2.24, 2.45) is 0 Å². The van der Waals surface area contributed by atoms with Crippen molar-refractivity contribution in [1.29, 1.82) is 0 Å². The summed E-state index contributed by atoms with van der Waals surface area (Å²) >= 11 is 0. The van der Waals surface area contributed by atoms with Crippen molar-refractivity contribution >= 4 is 29.4 Å². The molecule has 1 heterocycles. The Balaban J connectivity index is 0.00000338. The molecule has 1 aromatic carbocycles. The van der Waals surface area contributed by atoms with Gasteiger partial charge >= 0.3 is 5.97 Å². The van der Waals surface area contributed by atoms with Gasteiger partial charge in [0.05, 0.1) is 16.6 Å². The minimum absolute atomic E-state index is 0. The second-order valence-corrected chi connectivity index (χ2v) is 7.01. The summed E-state index contributed by atoms with van der Waals surface area (Å²) in [6.07, 6.45) is 15.7. The van der Waals surface area contributed by atoms with Crippen LogP contribution in [-0.2, 0) is 6.42 Å². The number of carboxylic acids is 1. The fourth-order valence-electron chi connectivity index (χ4n) is 3.27. The van der Waals surface area contributed by atoms with Gasteiger partial charge < -0.3 is 10.1 Å². The van der Waals surface area contributed by atoms with E-state index < -0.39 is 5.97 Å². The van der Waals surface area contributed by atoms with Crippen LogP contribution in [0.2, 0.25) is 0 Å². The Bertz CT molecular complexity index is 654. The maximum Gasteiger partial charge on any atom is 0.335 e. The van der Waals surface area contributed by atoms with Crippen molar-refractivity contribution in [3.63, 3.8) is 0 Å². The molecule has 0 saturated carbocycles. The van der Waals surface area contributed by atoms with E-state index in [2.05, 4.69) is 16.9 Å².